The van der Waals surface area contributed by atoms with Crippen LogP contribution in [0.3, 0.4) is 0 Å². The molecule has 0 spiro atoms. The monoisotopic (exact) mass is 1690 g/mol. The Morgan fingerprint density at radius 2 is 0.992 bits per heavy atom. The molecule has 0 unspecified atom stereocenters. The molecule has 3 aliphatic rings. The van der Waals surface area contributed by atoms with Crippen LogP contribution in [0.5, 0.6) is 5.75 Å². The first-order valence-corrected chi connectivity index (χ1v) is 41.2. The molecule has 0 radical (unpaired) electrons. The number of phenolic OH excluding ortho intramolecular Hbond substituents is 1. The van der Waals surface area contributed by atoms with Gasteiger partial charge in [0.05, 0.1) is 6.42 Å². The van der Waals surface area contributed by atoms with Gasteiger partial charge in [-0.25, -0.2) is 4.79 Å². The number of amides is 14. The van der Waals surface area contributed by atoms with E-state index < -0.39 is 192 Å². The van der Waals surface area contributed by atoms with Crippen molar-refractivity contribution in [1.82, 2.24) is 73.3 Å². The number of carboxylic acid groups (broad SMARTS) is 2. The Morgan fingerprint density at radius 1 is 0.521 bits per heavy atom. The van der Waals surface area contributed by atoms with Gasteiger partial charge in [0.15, 0.2) is 11.9 Å². The van der Waals surface area contributed by atoms with Gasteiger partial charge in [-0.1, -0.05) is 78.3 Å². The molecule has 1 aromatic heterocycles. The van der Waals surface area contributed by atoms with Gasteiger partial charge in [-0.05, 0) is 150 Å². The van der Waals surface area contributed by atoms with Crippen LogP contribution in [0.25, 0.3) is 10.9 Å². The fourth-order valence-electron chi connectivity index (χ4n) is 14.6. The van der Waals surface area contributed by atoms with E-state index in [4.69, 9.17) is 34.4 Å². The maximum absolute atomic E-state index is 15.2. The maximum Gasteiger partial charge on any atom is 0.326 e. The van der Waals surface area contributed by atoms with Crippen LogP contribution < -0.4 is 92.9 Å². The molecule has 41 nitrogen and oxygen atoms in total. The van der Waals surface area contributed by atoms with Gasteiger partial charge in [0.2, 0.25) is 82.7 Å². The van der Waals surface area contributed by atoms with Crippen LogP contribution in [-0.2, 0) is 89.6 Å². The number of guanidine groups is 2. The molecule has 3 aromatic rings. The average molecular weight is 1700 g/mol. The van der Waals surface area contributed by atoms with Crippen molar-refractivity contribution in [2.45, 2.75) is 255 Å². The van der Waals surface area contributed by atoms with Crippen LogP contribution in [0.4, 0.5) is 0 Å². The van der Waals surface area contributed by atoms with Crippen LogP contribution in [0.15, 0.2) is 64.7 Å². The number of primary amides is 1. The summed E-state index contributed by atoms with van der Waals surface area (Å²) in [6.07, 6.45) is 0.452. The van der Waals surface area contributed by atoms with Crippen molar-refractivity contribution in [2.75, 3.05) is 32.7 Å². The summed E-state index contributed by atoms with van der Waals surface area (Å²) in [6, 6.07) is -5.77. The number of aliphatic carboxylic acids is 2. The van der Waals surface area contributed by atoms with Crippen LogP contribution in [0.1, 0.15) is 175 Å². The number of aliphatic imine (C=N–C) groups is 2. The Labute approximate surface area is 701 Å². The topological polar surface area (TPSA) is 669 Å². The molecule has 666 valence electrons. The molecule has 6 rings (SSSR count). The standard InChI is InChI=1S/C80H122N22O19/c1-7-44(6)65(75(117)99-59(78(120)121)37-43(4)5)100-72(114)57(39-46-41-89-49-17-9-8-16-48(46)49)98-74(116)61-22-15-35-102(61)77(119)54(20-13-33-88-80(85)86)93-66(108)50(19-12-32-87-79(83)84)92-73(115)60-21-14-34-101(60)76(118)53(18-10-11-31-81)94-71(113)58(40-62(82)104)97-68(110)52(28-30-64(106)107)91-70(112)56(38-45-23-25-47(103)26-24-45)96-69(111)55(36-42(2)3)95-67(109)51-27-29-63(105)90-51/h8-9,16-17,23-26,41-44,50-61,65,89,103H,7,10-15,18-22,27-40,81H2,1-6H3,(H2,82,104)(H,90,105)(H,91,112)(H,92,115)(H,93,108)(H,94,113)(H,95,109)(H,96,111)(H,97,110)(H,98,116)(H,99,117)(H,100,114)(H,106,107)(H,120,121)(H4,83,84,87)(H4,85,86,88)/t44-,50-,51-,52-,53-,54-,55-,56-,57+,58-,59-,60-,61-,65-/m0/s1. The number of rotatable bonds is 50. The van der Waals surface area contributed by atoms with E-state index >= 15 is 14.4 Å². The van der Waals surface area contributed by atoms with E-state index in [0.29, 0.717) is 24.0 Å². The number of likely N-dealkylation sites (tertiary alicyclic amines) is 2. The number of carbonyl (C=O) groups is 16. The Balaban J connectivity index is 1.24. The smallest absolute Gasteiger partial charge is 0.326 e. The molecular weight excluding hydrogens is 1570 g/mol. The highest BCUT2D eigenvalue weighted by molar-refractivity contribution is 6.02. The Hall–Kier alpha value is -12.2. The minimum atomic E-state index is -1.93. The van der Waals surface area contributed by atoms with Gasteiger partial charge >= 0.3 is 11.9 Å². The third kappa shape index (κ3) is 31.2. The van der Waals surface area contributed by atoms with E-state index in [-0.39, 0.29) is 171 Å². The van der Waals surface area contributed by atoms with Gasteiger partial charge in [0, 0.05) is 69.0 Å². The lowest BCUT2D eigenvalue weighted by atomic mass is 9.96. The van der Waals surface area contributed by atoms with Crippen molar-refractivity contribution in [3.63, 3.8) is 0 Å². The predicted molar refractivity (Wildman–Crippen MR) is 443 cm³/mol. The molecule has 0 saturated carbocycles. The third-order valence-corrected chi connectivity index (χ3v) is 21.2. The fraction of sp³-hybridized carbons (Fsp3) is 0.600. The molecule has 0 bridgehead atoms. The first-order chi connectivity index (χ1) is 57.4. The molecule has 0 aliphatic carbocycles. The summed E-state index contributed by atoms with van der Waals surface area (Å²) < 4.78 is 0. The lowest BCUT2D eigenvalue weighted by Crippen LogP contribution is -2.61. The predicted octanol–water partition coefficient (Wildman–Crippen LogP) is -3.03. The highest BCUT2D eigenvalue weighted by Crippen LogP contribution is 2.26. The highest BCUT2D eigenvalue weighted by Gasteiger charge is 2.44. The molecule has 4 heterocycles. The maximum atomic E-state index is 15.2. The second kappa shape index (κ2) is 48.2. The Kier molecular flexibility index (Phi) is 38.9. The quantitative estimate of drug-likeness (QED) is 0.0152. The number of para-hydroxylation sites is 1. The van der Waals surface area contributed by atoms with Crippen LogP contribution in [0, 0.1) is 17.8 Å². The molecule has 3 saturated heterocycles. The number of hydrogen-bond acceptors (Lipinski definition) is 20. The first-order valence-electron chi connectivity index (χ1n) is 41.2. The van der Waals surface area contributed by atoms with Crippen molar-refractivity contribution in [2.24, 2.45) is 62.1 Å². The van der Waals surface area contributed by atoms with Crippen LogP contribution >= 0.6 is 0 Å². The van der Waals surface area contributed by atoms with E-state index in [1.807, 2.05) is 12.1 Å². The zero-order valence-corrected chi connectivity index (χ0v) is 69.4. The molecule has 27 N–H and O–H groups in total. The van der Waals surface area contributed by atoms with Crippen LogP contribution in [-0.4, -0.2) is 248 Å². The molecule has 14 amide bonds. The summed E-state index contributed by atoms with van der Waals surface area (Å²) in [5, 5.41) is 59.6. The lowest BCUT2D eigenvalue weighted by molar-refractivity contribution is -0.144. The third-order valence-electron chi connectivity index (χ3n) is 21.2. The molecular formula is C80H122N22O19. The van der Waals surface area contributed by atoms with Crippen LogP contribution in [0.2, 0.25) is 0 Å². The number of aromatic nitrogens is 1. The van der Waals surface area contributed by atoms with Gasteiger partial charge < -0.3 is 123 Å². The van der Waals surface area contributed by atoms with Crippen molar-refractivity contribution in [3.05, 3.63) is 65.9 Å². The number of nitrogens with one attached hydrogen (secondary N) is 12. The van der Waals surface area contributed by atoms with Crippen molar-refractivity contribution >= 4 is 117 Å². The SMILES string of the molecule is CC[C@H](C)[C@H](NC(=O)[C@@H](Cc1c[nH]c2ccccc12)NC(=O)[C@@H]1CCCN1C(=O)[C@H](CCCN=C(N)N)NC(=O)[C@H](CCCN=C(N)N)NC(=O)[C@@H]1CCCN1C(=O)[C@H](CCCCN)NC(=O)[C@H](CC(N)=O)NC(=O)[C@H](CCC(=O)O)NC(=O)[C@H](Cc1ccc(O)cc1)NC(=O)[C@H](CC(C)C)NC(=O)[C@@H]1CCC(=O)N1)C(=O)N[C@@H](CC(C)C)C(=O)O. The summed E-state index contributed by atoms with van der Waals surface area (Å²) in [7, 11) is 0. The van der Waals surface area contributed by atoms with Gasteiger partial charge in [-0.3, -0.25) is 81.9 Å². The van der Waals surface area contributed by atoms with E-state index in [0.717, 1.165) is 10.9 Å². The summed E-state index contributed by atoms with van der Waals surface area (Å²) >= 11 is 0. The van der Waals surface area contributed by atoms with Crippen molar-refractivity contribution < 1.29 is 92.0 Å². The van der Waals surface area contributed by atoms with E-state index in [9.17, 15) is 77.6 Å². The number of H-pyrrole nitrogens is 1. The first kappa shape index (κ1) is 97.6. The number of phenols is 1. The number of carboxylic acids is 2. The number of aromatic hydroxyl groups is 1. The Bertz CT molecular complexity index is 4190. The summed E-state index contributed by atoms with van der Waals surface area (Å²) in [5.41, 5.74) is 35.9. The Morgan fingerprint density at radius 3 is 1.52 bits per heavy atom. The largest absolute Gasteiger partial charge is 0.508 e. The van der Waals surface area contributed by atoms with Gasteiger partial charge in [-0.2, -0.15) is 0 Å². The number of unbranched alkanes of at least 4 members (excludes halogenated alkanes) is 1. The molecule has 2 aromatic carbocycles. The summed E-state index contributed by atoms with van der Waals surface area (Å²) in [5.74, 6) is -16.4. The molecule has 121 heavy (non-hydrogen) atoms. The molecule has 14 atom stereocenters. The van der Waals surface area contributed by atoms with Gasteiger partial charge in [-0.15, -0.1) is 0 Å². The number of hydrogen-bond donors (Lipinski definition) is 21. The highest BCUT2D eigenvalue weighted by atomic mass is 16.4. The van der Waals surface area contributed by atoms with E-state index in [1.165, 1.54) is 34.1 Å². The number of nitrogens with two attached hydrogens (primary N) is 6. The number of carbonyl (C=O) groups excluding carboxylic acids is 14. The van der Waals surface area contributed by atoms with E-state index in [2.05, 4.69) is 73.5 Å². The lowest BCUT2D eigenvalue weighted by Gasteiger charge is -2.32. The van der Waals surface area contributed by atoms with E-state index in [1.54, 1.807) is 59.9 Å². The molecule has 3 aliphatic heterocycles. The number of nitrogens with zero attached hydrogens (tertiary/aromatic N) is 4. The normalized spacial score (nSPS) is 17.7. The van der Waals surface area contributed by atoms with Crippen molar-refractivity contribution in [1.29, 1.82) is 0 Å². The fourth-order valence-corrected chi connectivity index (χ4v) is 14.6. The van der Waals surface area contributed by atoms with Gasteiger partial charge in [0.1, 0.15) is 84.3 Å². The average Bonchev–Trinajstić information content (AvgIpc) is 1.59. The molecule has 3 fully saturated rings. The zero-order chi connectivity index (χ0) is 89.3. The molecule has 41 heteroatoms. The number of aromatic amines is 1. The number of benzene rings is 2. The number of fused-ring (bicyclic) bond motifs is 1. The minimum absolute atomic E-state index is 0.00767. The summed E-state index contributed by atoms with van der Waals surface area (Å²) in [4.78, 5) is 238. The minimum Gasteiger partial charge on any atom is -0.508 e. The summed E-state index contributed by atoms with van der Waals surface area (Å²) in [6.45, 7) is 10.6. The van der Waals surface area contributed by atoms with Gasteiger partial charge in [0.25, 0.3) is 0 Å². The zero-order valence-electron chi connectivity index (χ0n) is 69.4. The second-order valence-corrected chi connectivity index (χ2v) is 31.8. The second-order valence-electron chi connectivity index (χ2n) is 31.8. The van der Waals surface area contributed by atoms with Crippen molar-refractivity contribution in [3.8, 4) is 5.75 Å².